The Hall–Kier alpha value is -1.00. The van der Waals surface area contributed by atoms with Gasteiger partial charge in [-0.25, -0.2) is 0 Å². The van der Waals surface area contributed by atoms with Gasteiger partial charge in [0, 0.05) is 6.54 Å². The third-order valence-corrected chi connectivity index (χ3v) is 4.33. The zero-order valence-electron chi connectivity index (χ0n) is 11.7. The molecule has 20 heavy (non-hydrogen) atoms. The molecule has 2 rings (SSSR count). The minimum Gasteiger partial charge on any atom is -0.394 e. The summed E-state index contributed by atoms with van der Waals surface area (Å²) in [7, 11) is 0. The summed E-state index contributed by atoms with van der Waals surface area (Å²) in [4.78, 5) is 14.4. The average molecular weight is 293 g/mol. The molecule has 0 radical (unpaired) electrons. The highest BCUT2D eigenvalue weighted by atomic mass is 32.1. The summed E-state index contributed by atoms with van der Waals surface area (Å²) in [6.45, 7) is 0.799. The number of carbonyl (C=O) groups excluding carboxylic acids is 1. The molecule has 0 aliphatic carbocycles. The van der Waals surface area contributed by atoms with Crippen LogP contribution in [-0.4, -0.2) is 40.4 Å². The maximum absolute atomic E-state index is 12.6. The van der Waals surface area contributed by atoms with Gasteiger partial charge < -0.3 is 10.0 Å². The van der Waals surface area contributed by atoms with Gasteiger partial charge in [-0.05, 0) is 24.8 Å². The maximum atomic E-state index is 12.6. The molecule has 1 fully saturated rings. The van der Waals surface area contributed by atoms with Crippen LogP contribution in [0.2, 0.25) is 0 Å². The summed E-state index contributed by atoms with van der Waals surface area (Å²) in [5, 5.41) is 9.16. The molecule has 1 saturated heterocycles. The minimum absolute atomic E-state index is 0.0320. The molecule has 2 unspecified atom stereocenters. The summed E-state index contributed by atoms with van der Waals surface area (Å²) >= 11 is 4.49. The van der Waals surface area contributed by atoms with Crippen molar-refractivity contribution in [3.05, 3.63) is 35.9 Å². The minimum atomic E-state index is -0.329. The lowest BCUT2D eigenvalue weighted by Crippen LogP contribution is -2.46. The van der Waals surface area contributed by atoms with E-state index in [0.717, 1.165) is 37.8 Å². The first-order valence-corrected chi connectivity index (χ1v) is 7.87. The standard InChI is InChI=1S/C16H23NO2S/c18-12-14-9-5-2-6-10-17(14)16(19)15(20)11-13-7-3-1-4-8-13/h1,3-4,7-8,14-15,18,20H,2,5-6,9-12H2. The van der Waals surface area contributed by atoms with Gasteiger partial charge in [0.05, 0.1) is 17.9 Å². The van der Waals surface area contributed by atoms with Crippen molar-refractivity contribution >= 4 is 18.5 Å². The maximum Gasteiger partial charge on any atom is 0.236 e. The number of rotatable bonds is 4. The van der Waals surface area contributed by atoms with Gasteiger partial charge in [-0.3, -0.25) is 4.79 Å². The Morgan fingerprint density at radius 1 is 1.30 bits per heavy atom. The van der Waals surface area contributed by atoms with E-state index in [1.165, 1.54) is 0 Å². The molecule has 1 aliphatic heterocycles. The van der Waals surface area contributed by atoms with E-state index in [2.05, 4.69) is 12.6 Å². The molecule has 1 amide bonds. The van der Waals surface area contributed by atoms with Gasteiger partial charge in [-0.1, -0.05) is 43.2 Å². The van der Waals surface area contributed by atoms with Crippen LogP contribution in [0.5, 0.6) is 0 Å². The fourth-order valence-corrected chi connectivity index (χ4v) is 3.13. The second-order valence-corrected chi connectivity index (χ2v) is 6.05. The zero-order chi connectivity index (χ0) is 14.4. The molecule has 0 saturated carbocycles. The molecule has 1 N–H and O–H groups in total. The third-order valence-electron chi connectivity index (χ3n) is 3.93. The Balaban J connectivity index is 2.00. The Kier molecular flexibility index (Phi) is 5.92. The number of nitrogens with zero attached hydrogens (tertiary/aromatic N) is 1. The number of hydrogen-bond donors (Lipinski definition) is 2. The molecule has 110 valence electrons. The number of thiol groups is 1. The summed E-state index contributed by atoms with van der Waals surface area (Å²) in [5.74, 6) is 0.0538. The molecule has 0 aromatic heterocycles. The van der Waals surface area contributed by atoms with E-state index < -0.39 is 0 Å². The monoisotopic (exact) mass is 293 g/mol. The van der Waals surface area contributed by atoms with Crippen molar-refractivity contribution in [2.24, 2.45) is 0 Å². The summed E-state index contributed by atoms with van der Waals surface area (Å²) < 4.78 is 0. The lowest BCUT2D eigenvalue weighted by molar-refractivity contribution is -0.133. The predicted molar refractivity (Wildman–Crippen MR) is 84.0 cm³/mol. The second kappa shape index (κ2) is 7.70. The number of aliphatic hydroxyl groups is 1. The second-order valence-electron chi connectivity index (χ2n) is 5.42. The fourth-order valence-electron chi connectivity index (χ4n) is 2.77. The summed E-state index contributed by atoms with van der Waals surface area (Å²) in [5.41, 5.74) is 1.12. The van der Waals surface area contributed by atoms with Crippen LogP contribution in [0.3, 0.4) is 0 Å². The Bertz CT molecular complexity index is 424. The fraction of sp³-hybridized carbons (Fsp3) is 0.562. The van der Waals surface area contributed by atoms with E-state index in [-0.39, 0.29) is 23.8 Å². The molecule has 1 aromatic rings. The number of aliphatic hydroxyl groups excluding tert-OH is 1. The van der Waals surface area contributed by atoms with Crippen LogP contribution in [0.25, 0.3) is 0 Å². The zero-order valence-corrected chi connectivity index (χ0v) is 12.6. The lowest BCUT2D eigenvalue weighted by Gasteiger charge is -2.30. The number of hydrogen-bond acceptors (Lipinski definition) is 3. The molecule has 1 heterocycles. The van der Waals surface area contributed by atoms with Crippen molar-refractivity contribution in [3.63, 3.8) is 0 Å². The van der Waals surface area contributed by atoms with Crippen LogP contribution < -0.4 is 0 Å². The number of benzene rings is 1. The molecular formula is C16H23NO2S. The quantitative estimate of drug-likeness (QED) is 0.836. The molecule has 1 aliphatic rings. The van der Waals surface area contributed by atoms with Crippen LogP contribution in [0.4, 0.5) is 0 Å². The summed E-state index contributed by atoms with van der Waals surface area (Å²) in [6, 6.07) is 9.92. The predicted octanol–water partition coefficient (Wildman–Crippen LogP) is 2.29. The van der Waals surface area contributed by atoms with Gasteiger partial charge in [0.1, 0.15) is 0 Å². The molecule has 2 atom stereocenters. The first-order chi connectivity index (χ1) is 9.72. The number of carbonyl (C=O) groups is 1. The molecule has 0 bridgehead atoms. The van der Waals surface area contributed by atoms with E-state index >= 15 is 0 Å². The van der Waals surface area contributed by atoms with Crippen molar-refractivity contribution in [3.8, 4) is 0 Å². The van der Waals surface area contributed by atoms with Crippen LogP contribution in [0.15, 0.2) is 30.3 Å². The topological polar surface area (TPSA) is 40.5 Å². The number of likely N-dealkylation sites (tertiary alicyclic amines) is 1. The van der Waals surface area contributed by atoms with Crippen LogP contribution >= 0.6 is 12.6 Å². The van der Waals surface area contributed by atoms with Crippen molar-refractivity contribution in [2.45, 2.75) is 43.4 Å². The average Bonchev–Trinajstić information content (AvgIpc) is 2.72. The largest absolute Gasteiger partial charge is 0.394 e. The van der Waals surface area contributed by atoms with Crippen molar-refractivity contribution in [2.75, 3.05) is 13.2 Å². The number of amides is 1. The molecule has 3 nitrogen and oxygen atoms in total. The van der Waals surface area contributed by atoms with E-state index in [9.17, 15) is 9.90 Å². The van der Waals surface area contributed by atoms with Crippen molar-refractivity contribution in [1.82, 2.24) is 4.90 Å². The lowest BCUT2D eigenvalue weighted by atomic mass is 10.1. The smallest absolute Gasteiger partial charge is 0.236 e. The van der Waals surface area contributed by atoms with Crippen LogP contribution in [-0.2, 0) is 11.2 Å². The van der Waals surface area contributed by atoms with Gasteiger partial charge in [0.25, 0.3) is 0 Å². The van der Waals surface area contributed by atoms with Crippen LogP contribution in [0, 0.1) is 0 Å². The van der Waals surface area contributed by atoms with Crippen molar-refractivity contribution < 1.29 is 9.90 Å². The van der Waals surface area contributed by atoms with Gasteiger partial charge in [-0.15, -0.1) is 0 Å². The SMILES string of the molecule is O=C(C(S)Cc1ccccc1)N1CCCCCC1CO. The highest BCUT2D eigenvalue weighted by Crippen LogP contribution is 2.20. The third kappa shape index (κ3) is 4.00. The first-order valence-electron chi connectivity index (χ1n) is 7.35. The van der Waals surface area contributed by atoms with E-state index in [0.29, 0.717) is 6.42 Å². The van der Waals surface area contributed by atoms with Crippen molar-refractivity contribution in [1.29, 1.82) is 0 Å². The van der Waals surface area contributed by atoms with Gasteiger partial charge in [0.15, 0.2) is 0 Å². The van der Waals surface area contributed by atoms with E-state index in [4.69, 9.17) is 0 Å². The Morgan fingerprint density at radius 3 is 2.75 bits per heavy atom. The first kappa shape index (κ1) is 15.4. The van der Waals surface area contributed by atoms with Crippen LogP contribution in [0.1, 0.15) is 31.2 Å². The van der Waals surface area contributed by atoms with E-state index in [1.54, 1.807) is 0 Å². The molecule has 4 heteroatoms. The molecule has 1 aromatic carbocycles. The Labute approximate surface area is 126 Å². The van der Waals surface area contributed by atoms with E-state index in [1.807, 2.05) is 35.2 Å². The van der Waals surface area contributed by atoms with Gasteiger partial charge in [-0.2, -0.15) is 12.6 Å². The van der Waals surface area contributed by atoms with Gasteiger partial charge >= 0.3 is 0 Å². The van der Waals surface area contributed by atoms with Gasteiger partial charge in [0.2, 0.25) is 5.91 Å². The normalized spacial score (nSPS) is 21.3. The Morgan fingerprint density at radius 2 is 2.05 bits per heavy atom. The highest BCUT2D eigenvalue weighted by molar-refractivity contribution is 7.81. The molecular weight excluding hydrogens is 270 g/mol. The highest BCUT2D eigenvalue weighted by Gasteiger charge is 2.28. The molecule has 0 spiro atoms. The summed E-state index contributed by atoms with van der Waals surface area (Å²) in [6.07, 6.45) is 4.78.